The summed E-state index contributed by atoms with van der Waals surface area (Å²) in [5, 5.41) is 7.44. The molecule has 0 saturated carbocycles. The minimum atomic E-state index is 0.707. The van der Waals surface area contributed by atoms with Gasteiger partial charge in [0, 0.05) is 18.5 Å². The van der Waals surface area contributed by atoms with Crippen LogP contribution in [-0.2, 0) is 0 Å². The predicted molar refractivity (Wildman–Crippen MR) is 89.5 cm³/mol. The van der Waals surface area contributed by atoms with Crippen LogP contribution in [0.5, 0.6) is 0 Å². The molecule has 0 aromatic heterocycles. The highest BCUT2D eigenvalue weighted by Crippen LogP contribution is 2.16. The third-order valence-corrected chi connectivity index (χ3v) is 4.48. The highest BCUT2D eigenvalue weighted by molar-refractivity contribution is 7.80. The van der Waals surface area contributed by atoms with Crippen molar-refractivity contribution in [3.63, 3.8) is 0 Å². The van der Waals surface area contributed by atoms with Crippen molar-refractivity contribution in [3.05, 3.63) is 29.3 Å². The van der Waals surface area contributed by atoms with Gasteiger partial charge in [-0.1, -0.05) is 12.1 Å². The van der Waals surface area contributed by atoms with Gasteiger partial charge in [-0.2, -0.15) is 0 Å². The fourth-order valence-electron chi connectivity index (χ4n) is 2.95. The molecule has 0 amide bonds. The van der Waals surface area contributed by atoms with Crippen molar-refractivity contribution < 1.29 is 4.90 Å². The van der Waals surface area contributed by atoms with Gasteiger partial charge in [-0.15, -0.1) is 0 Å². The lowest BCUT2D eigenvalue weighted by Gasteiger charge is -2.21. The van der Waals surface area contributed by atoms with Crippen LogP contribution in [0.2, 0.25) is 0 Å². The summed E-state index contributed by atoms with van der Waals surface area (Å²) in [7, 11) is 0. The molecular formula is C16H26N3S+. The third-order valence-electron chi connectivity index (χ3n) is 4.23. The van der Waals surface area contributed by atoms with E-state index >= 15 is 0 Å². The van der Waals surface area contributed by atoms with E-state index in [-0.39, 0.29) is 0 Å². The van der Waals surface area contributed by atoms with Gasteiger partial charge in [-0.05, 0) is 50.2 Å². The van der Waals surface area contributed by atoms with Crippen LogP contribution in [0.4, 0.5) is 5.69 Å². The first-order chi connectivity index (χ1) is 9.60. The maximum atomic E-state index is 5.42. The van der Waals surface area contributed by atoms with E-state index in [9.17, 15) is 0 Å². The quantitative estimate of drug-likeness (QED) is 0.737. The number of nitrogens with one attached hydrogen (secondary N) is 3. The lowest BCUT2D eigenvalue weighted by atomic mass is 10.1. The number of hydrogen-bond donors (Lipinski definition) is 3. The summed E-state index contributed by atoms with van der Waals surface area (Å²) in [5.74, 6) is 0. The van der Waals surface area contributed by atoms with Gasteiger partial charge < -0.3 is 15.5 Å². The smallest absolute Gasteiger partial charge is 0.171 e. The fraction of sp³-hybridized carbons (Fsp3) is 0.562. The SMILES string of the molecule is CC[NH+]1CCC[C@@H]1CNC(=S)Nc1cc(C)ccc1C. The van der Waals surface area contributed by atoms with Crippen LogP contribution in [-0.4, -0.2) is 30.8 Å². The number of rotatable bonds is 4. The van der Waals surface area contributed by atoms with Gasteiger partial charge in [-0.3, -0.25) is 0 Å². The Balaban J connectivity index is 1.85. The Kier molecular flexibility index (Phi) is 5.38. The molecule has 2 atom stereocenters. The first-order valence-electron chi connectivity index (χ1n) is 7.57. The average molecular weight is 292 g/mol. The van der Waals surface area contributed by atoms with E-state index in [1.54, 1.807) is 4.90 Å². The molecule has 0 bridgehead atoms. The highest BCUT2D eigenvalue weighted by Gasteiger charge is 2.26. The van der Waals surface area contributed by atoms with Crippen molar-refractivity contribution in [3.8, 4) is 0 Å². The summed E-state index contributed by atoms with van der Waals surface area (Å²) in [6, 6.07) is 7.10. The van der Waals surface area contributed by atoms with Crippen LogP contribution >= 0.6 is 12.2 Å². The Morgan fingerprint density at radius 3 is 2.95 bits per heavy atom. The summed E-state index contributed by atoms with van der Waals surface area (Å²) in [6.45, 7) is 9.95. The molecule has 0 radical (unpaired) electrons. The number of likely N-dealkylation sites (N-methyl/N-ethyl adjacent to an activating group) is 1. The first kappa shape index (κ1) is 15.3. The topological polar surface area (TPSA) is 28.5 Å². The lowest BCUT2D eigenvalue weighted by molar-refractivity contribution is -0.909. The molecule has 1 fully saturated rings. The standard InChI is InChI=1S/C16H25N3S/c1-4-19-9-5-6-14(19)11-17-16(20)18-15-10-12(2)7-8-13(15)3/h7-8,10,14H,4-6,9,11H2,1-3H3,(H2,17,18,20)/p+1/t14-/m1/s1. The van der Waals surface area contributed by atoms with Crippen LogP contribution in [0.25, 0.3) is 0 Å². The third kappa shape index (κ3) is 3.93. The minimum Gasteiger partial charge on any atom is -0.356 e. The van der Waals surface area contributed by atoms with Gasteiger partial charge in [0.2, 0.25) is 0 Å². The van der Waals surface area contributed by atoms with Crippen molar-refractivity contribution in [2.75, 3.05) is 25.0 Å². The zero-order valence-electron chi connectivity index (χ0n) is 12.8. The molecule has 3 N–H and O–H groups in total. The monoisotopic (exact) mass is 292 g/mol. The highest BCUT2D eigenvalue weighted by atomic mass is 32.1. The molecule has 20 heavy (non-hydrogen) atoms. The van der Waals surface area contributed by atoms with Crippen LogP contribution in [0.1, 0.15) is 30.9 Å². The zero-order chi connectivity index (χ0) is 14.5. The molecule has 110 valence electrons. The van der Waals surface area contributed by atoms with E-state index in [1.165, 1.54) is 37.1 Å². The van der Waals surface area contributed by atoms with Crippen LogP contribution in [0.3, 0.4) is 0 Å². The number of aryl methyl sites for hydroxylation is 2. The molecule has 1 unspecified atom stereocenters. The van der Waals surface area contributed by atoms with Gasteiger partial charge in [0.25, 0.3) is 0 Å². The summed E-state index contributed by atoms with van der Waals surface area (Å²) in [6.07, 6.45) is 2.65. The van der Waals surface area contributed by atoms with Gasteiger partial charge in [-0.25, -0.2) is 0 Å². The van der Waals surface area contributed by atoms with Crippen LogP contribution in [0.15, 0.2) is 18.2 Å². The molecule has 1 aliphatic rings. The molecule has 1 saturated heterocycles. The Morgan fingerprint density at radius 1 is 1.40 bits per heavy atom. The number of quaternary nitrogens is 1. The molecular weight excluding hydrogens is 266 g/mol. The summed E-state index contributed by atoms with van der Waals surface area (Å²) < 4.78 is 0. The van der Waals surface area contributed by atoms with E-state index in [4.69, 9.17) is 12.2 Å². The second-order valence-corrected chi connectivity index (χ2v) is 6.16. The molecule has 2 rings (SSSR count). The van der Waals surface area contributed by atoms with Gasteiger partial charge in [0.1, 0.15) is 6.04 Å². The maximum absolute atomic E-state index is 5.42. The zero-order valence-corrected chi connectivity index (χ0v) is 13.6. The van der Waals surface area contributed by atoms with Gasteiger partial charge in [0.15, 0.2) is 5.11 Å². The molecule has 0 aliphatic carbocycles. The molecule has 1 aromatic rings. The molecule has 0 spiro atoms. The number of thiocarbonyl (C=S) groups is 1. The van der Waals surface area contributed by atoms with Gasteiger partial charge >= 0.3 is 0 Å². The lowest BCUT2D eigenvalue weighted by Crippen LogP contribution is -3.14. The Morgan fingerprint density at radius 2 is 2.20 bits per heavy atom. The molecule has 1 aromatic carbocycles. The minimum absolute atomic E-state index is 0.707. The van der Waals surface area contributed by atoms with Crippen molar-refractivity contribution in [2.24, 2.45) is 0 Å². The molecule has 3 nitrogen and oxygen atoms in total. The fourth-order valence-corrected chi connectivity index (χ4v) is 3.14. The molecule has 1 aliphatic heterocycles. The second-order valence-electron chi connectivity index (χ2n) is 5.75. The number of hydrogen-bond acceptors (Lipinski definition) is 1. The summed E-state index contributed by atoms with van der Waals surface area (Å²) in [4.78, 5) is 1.70. The first-order valence-corrected chi connectivity index (χ1v) is 7.97. The van der Waals surface area contributed by atoms with Crippen molar-refractivity contribution in [2.45, 2.75) is 39.7 Å². The Bertz CT molecular complexity index is 473. The normalized spacial score (nSPS) is 21.8. The van der Waals surface area contributed by atoms with E-state index in [2.05, 4.69) is 49.6 Å². The summed E-state index contributed by atoms with van der Waals surface area (Å²) >= 11 is 5.42. The summed E-state index contributed by atoms with van der Waals surface area (Å²) in [5.41, 5.74) is 3.58. The van der Waals surface area contributed by atoms with Crippen molar-refractivity contribution in [1.82, 2.24) is 5.32 Å². The van der Waals surface area contributed by atoms with E-state index in [1.807, 2.05) is 0 Å². The van der Waals surface area contributed by atoms with Crippen LogP contribution < -0.4 is 15.5 Å². The van der Waals surface area contributed by atoms with Crippen molar-refractivity contribution >= 4 is 23.0 Å². The van der Waals surface area contributed by atoms with Crippen LogP contribution in [0, 0.1) is 13.8 Å². The van der Waals surface area contributed by atoms with E-state index in [0.717, 1.165) is 17.3 Å². The maximum Gasteiger partial charge on any atom is 0.171 e. The van der Waals surface area contributed by atoms with E-state index < -0.39 is 0 Å². The number of likely N-dealkylation sites (tertiary alicyclic amines) is 1. The average Bonchev–Trinajstić information content (AvgIpc) is 2.88. The molecule has 4 heteroatoms. The Labute approximate surface area is 127 Å². The second kappa shape index (κ2) is 7.04. The number of anilines is 1. The number of benzene rings is 1. The van der Waals surface area contributed by atoms with Gasteiger partial charge in [0.05, 0.1) is 19.6 Å². The molecule has 1 heterocycles. The predicted octanol–water partition coefficient (Wildman–Crippen LogP) is 1.66. The van der Waals surface area contributed by atoms with Crippen molar-refractivity contribution in [1.29, 1.82) is 0 Å². The van der Waals surface area contributed by atoms with E-state index in [0.29, 0.717) is 6.04 Å². The Hall–Kier alpha value is -1.13. The largest absolute Gasteiger partial charge is 0.356 e.